The standard InChI is InChI=1S/C42H31N3S/c1-42(2)33-15-6-3-12-28(33)29-19-18-26(23-34(29)42)25-10-9-11-27(22-25)35-24-43-41(44-35)45-36-16-7-4-14-32(36)39-37(45)21-20-31-30-13-5-8-17-38(30)46-40(31)39/h3-24,32,36H,1-2H3,(H,43,44). The van der Waals surface area contributed by atoms with E-state index < -0.39 is 0 Å². The number of nitrogens with zero attached hydrogens (tertiary/aromatic N) is 2. The van der Waals surface area contributed by atoms with Crippen LogP contribution in [0.15, 0.2) is 134 Å². The quantitative estimate of drug-likeness (QED) is 0.216. The molecule has 0 saturated heterocycles. The fraction of sp³-hybridized carbons (Fsp3) is 0.119. The number of aromatic nitrogens is 2. The molecule has 46 heavy (non-hydrogen) atoms. The van der Waals surface area contributed by atoms with Gasteiger partial charge < -0.3 is 9.88 Å². The first kappa shape index (κ1) is 26.1. The third-order valence-electron chi connectivity index (χ3n) is 10.4. The number of fused-ring (bicyclic) bond motifs is 10. The van der Waals surface area contributed by atoms with Crippen LogP contribution in [0.25, 0.3) is 53.7 Å². The molecular formula is C42H31N3S. The Bertz CT molecular complexity index is 2440. The number of hydrogen-bond acceptors (Lipinski definition) is 3. The van der Waals surface area contributed by atoms with E-state index in [-0.39, 0.29) is 17.4 Å². The highest BCUT2D eigenvalue weighted by atomic mass is 32.1. The molecule has 0 fully saturated rings. The van der Waals surface area contributed by atoms with Gasteiger partial charge in [0.15, 0.2) is 0 Å². The second kappa shape index (κ2) is 9.41. The number of thiophene rings is 1. The van der Waals surface area contributed by atoms with Crippen LogP contribution < -0.4 is 4.90 Å². The van der Waals surface area contributed by atoms with E-state index in [0.29, 0.717) is 0 Å². The smallest absolute Gasteiger partial charge is 0.208 e. The summed E-state index contributed by atoms with van der Waals surface area (Å²) >= 11 is 1.91. The van der Waals surface area contributed by atoms with Crippen molar-refractivity contribution in [1.29, 1.82) is 0 Å². The average molecular weight is 610 g/mol. The molecule has 2 unspecified atom stereocenters. The van der Waals surface area contributed by atoms with Crippen molar-refractivity contribution in [2.45, 2.75) is 31.2 Å². The Morgan fingerprint density at radius 2 is 1.52 bits per heavy atom. The topological polar surface area (TPSA) is 31.9 Å². The number of anilines is 2. The van der Waals surface area contributed by atoms with E-state index >= 15 is 0 Å². The van der Waals surface area contributed by atoms with Crippen molar-refractivity contribution in [3.8, 4) is 33.5 Å². The van der Waals surface area contributed by atoms with Crippen LogP contribution in [0.3, 0.4) is 0 Å². The lowest BCUT2D eigenvalue weighted by atomic mass is 9.81. The summed E-state index contributed by atoms with van der Waals surface area (Å²) in [7, 11) is 0. The number of benzene rings is 5. The van der Waals surface area contributed by atoms with Crippen LogP contribution in [-0.2, 0) is 5.41 Å². The van der Waals surface area contributed by atoms with Crippen LogP contribution in [-0.4, -0.2) is 16.0 Å². The number of rotatable bonds is 3. The fourth-order valence-corrected chi connectivity index (χ4v) is 9.47. The van der Waals surface area contributed by atoms with Gasteiger partial charge in [-0.25, -0.2) is 4.98 Å². The maximum atomic E-state index is 5.23. The van der Waals surface area contributed by atoms with E-state index in [9.17, 15) is 0 Å². The Kier molecular flexibility index (Phi) is 5.33. The lowest BCUT2D eigenvalue weighted by Crippen LogP contribution is -2.29. The summed E-state index contributed by atoms with van der Waals surface area (Å²) < 4.78 is 2.73. The average Bonchev–Trinajstić information content (AvgIpc) is 3.85. The van der Waals surface area contributed by atoms with Gasteiger partial charge in [0.05, 0.1) is 11.7 Å². The first-order valence-electron chi connectivity index (χ1n) is 16.1. The maximum Gasteiger partial charge on any atom is 0.208 e. The molecule has 1 N–H and O–H groups in total. The molecule has 4 heteroatoms. The Morgan fingerprint density at radius 1 is 0.717 bits per heavy atom. The molecule has 2 atom stereocenters. The number of imidazole rings is 1. The summed E-state index contributed by atoms with van der Waals surface area (Å²) in [6, 6.07) is 38.2. The third-order valence-corrected chi connectivity index (χ3v) is 11.6. The van der Waals surface area contributed by atoms with Crippen molar-refractivity contribution >= 4 is 43.1 Å². The Morgan fingerprint density at radius 3 is 2.48 bits per heavy atom. The van der Waals surface area contributed by atoms with Crippen LogP contribution >= 0.6 is 11.3 Å². The van der Waals surface area contributed by atoms with Crippen molar-refractivity contribution in [3.63, 3.8) is 0 Å². The van der Waals surface area contributed by atoms with Gasteiger partial charge in [0.1, 0.15) is 0 Å². The SMILES string of the molecule is CC1(C)c2ccccc2-c2ccc(-c3cccc(-c4c[nH]c(N5c6ccc7c(sc8ccccc87)c6C6C=CC=CC65)n4)c3)cc21. The lowest BCUT2D eigenvalue weighted by Gasteiger charge is -2.26. The van der Waals surface area contributed by atoms with Crippen molar-refractivity contribution in [3.05, 3.63) is 150 Å². The van der Waals surface area contributed by atoms with E-state index in [1.165, 1.54) is 64.8 Å². The first-order chi connectivity index (χ1) is 22.6. The lowest BCUT2D eigenvalue weighted by molar-refractivity contribution is 0.660. The van der Waals surface area contributed by atoms with Gasteiger partial charge in [0.2, 0.25) is 5.95 Å². The molecule has 0 saturated carbocycles. The molecule has 0 spiro atoms. The molecule has 10 rings (SSSR count). The van der Waals surface area contributed by atoms with E-state index in [0.717, 1.165) is 17.2 Å². The molecule has 0 bridgehead atoms. The number of hydrogen-bond donors (Lipinski definition) is 1. The third kappa shape index (κ3) is 3.56. The second-order valence-electron chi connectivity index (χ2n) is 13.3. The zero-order valence-corrected chi connectivity index (χ0v) is 26.5. The predicted molar refractivity (Wildman–Crippen MR) is 193 cm³/mol. The fourth-order valence-electron chi connectivity index (χ4n) is 8.18. The molecule has 0 radical (unpaired) electrons. The van der Waals surface area contributed by atoms with Gasteiger partial charge in [0, 0.05) is 54.5 Å². The molecule has 3 heterocycles. The van der Waals surface area contributed by atoms with Crippen LogP contribution in [0.2, 0.25) is 0 Å². The van der Waals surface area contributed by atoms with Gasteiger partial charge >= 0.3 is 0 Å². The highest BCUT2D eigenvalue weighted by molar-refractivity contribution is 7.26. The maximum absolute atomic E-state index is 5.23. The highest BCUT2D eigenvalue weighted by Gasteiger charge is 2.40. The zero-order chi connectivity index (χ0) is 30.6. The molecule has 2 aliphatic carbocycles. The largest absolute Gasteiger partial charge is 0.330 e. The Balaban J connectivity index is 1.04. The molecule has 7 aromatic rings. The van der Waals surface area contributed by atoms with Gasteiger partial charge in [0.25, 0.3) is 0 Å². The molecule has 2 aromatic heterocycles. The minimum absolute atomic E-state index is 0.0231. The van der Waals surface area contributed by atoms with E-state index in [1.807, 2.05) is 11.3 Å². The van der Waals surface area contributed by atoms with Gasteiger partial charge in [-0.3, -0.25) is 0 Å². The molecule has 0 amide bonds. The van der Waals surface area contributed by atoms with Crippen molar-refractivity contribution in [2.75, 3.05) is 4.90 Å². The van der Waals surface area contributed by atoms with Crippen molar-refractivity contribution in [1.82, 2.24) is 9.97 Å². The number of allylic oxidation sites excluding steroid dienone is 2. The van der Waals surface area contributed by atoms with E-state index in [1.54, 1.807) is 0 Å². The summed E-state index contributed by atoms with van der Waals surface area (Å²) in [4.78, 5) is 11.2. The summed E-state index contributed by atoms with van der Waals surface area (Å²) in [5.41, 5.74) is 12.6. The number of nitrogens with one attached hydrogen (secondary N) is 1. The first-order valence-corrected chi connectivity index (χ1v) is 16.9. The van der Waals surface area contributed by atoms with Crippen LogP contribution in [0.5, 0.6) is 0 Å². The van der Waals surface area contributed by atoms with Crippen molar-refractivity contribution < 1.29 is 0 Å². The normalized spacial score (nSPS) is 18.6. The molecule has 5 aromatic carbocycles. The Hall–Kier alpha value is -5.19. The molecule has 3 nitrogen and oxygen atoms in total. The minimum Gasteiger partial charge on any atom is -0.330 e. The summed E-state index contributed by atoms with van der Waals surface area (Å²) in [5, 5.41) is 2.69. The summed E-state index contributed by atoms with van der Waals surface area (Å²) in [6.07, 6.45) is 11.1. The number of aromatic amines is 1. The molecule has 3 aliphatic rings. The zero-order valence-electron chi connectivity index (χ0n) is 25.7. The van der Waals surface area contributed by atoms with Gasteiger partial charge in [-0.1, -0.05) is 117 Å². The molecule has 1 aliphatic heterocycles. The predicted octanol–water partition coefficient (Wildman–Crippen LogP) is 11.1. The Labute approximate surface area is 272 Å². The van der Waals surface area contributed by atoms with Gasteiger partial charge in [-0.15, -0.1) is 11.3 Å². The van der Waals surface area contributed by atoms with E-state index in [4.69, 9.17) is 4.98 Å². The molecular weight excluding hydrogens is 579 g/mol. The van der Waals surface area contributed by atoms with Gasteiger partial charge in [-0.05, 0) is 57.6 Å². The van der Waals surface area contributed by atoms with Crippen molar-refractivity contribution in [2.24, 2.45) is 0 Å². The minimum atomic E-state index is -0.0231. The number of H-pyrrole nitrogens is 1. The van der Waals surface area contributed by atoms with Crippen LogP contribution in [0.4, 0.5) is 11.6 Å². The summed E-state index contributed by atoms with van der Waals surface area (Å²) in [5.74, 6) is 1.16. The van der Waals surface area contributed by atoms with E-state index in [2.05, 4.69) is 157 Å². The van der Waals surface area contributed by atoms with Crippen LogP contribution in [0, 0.1) is 0 Å². The monoisotopic (exact) mass is 609 g/mol. The summed E-state index contributed by atoms with van der Waals surface area (Å²) in [6.45, 7) is 4.68. The van der Waals surface area contributed by atoms with Gasteiger partial charge in [-0.2, -0.15) is 0 Å². The molecule has 220 valence electrons. The second-order valence-corrected chi connectivity index (χ2v) is 14.3. The van der Waals surface area contributed by atoms with Crippen LogP contribution in [0.1, 0.15) is 36.5 Å². The highest BCUT2D eigenvalue weighted by Crippen LogP contribution is 2.53.